The lowest BCUT2D eigenvalue weighted by Crippen LogP contribution is -2.01. The molecule has 0 atom stereocenters. The maximum Gasteiger partial charge on any atom is 0.198 e. The summed E-state index contributed by atoms with van der Waals surface area (Å²) in [5.41, 5.74) is 2.02. The highest BCUT2D eigenvalue weighted by atomic mass is 16.3. The van der Waals surface area contributed by atoms with Crippen LogP contribution in [-0.2, 0) is 0 Å². The molecule has 0 aliphatic rings. The van der Waals surface area contributed by atoms with Crippen molar-refractivity contribution in [1.29, 1.82) is 0 Å². The van der Waals surface area contributed by atoms with Gasteiger partial charge in [0.05, 0.1) is 11.8 Å². The molecule has 0 aliphatic carbocycles. The number of hydrogen-bond donors (Lipinski definition) is 0. The topological polar surface area (TPSA) is 43.1 Å². The van der Waals surface area contributed by atoms with Crippen LogP contribution in [0.1, 0.15) is 21.5 Å². The van der Waals surface area contributed by atoms with Gasteiger partial charge < -0.3 is 4.42 Å². The number of rotatable bonds is 2. The standard InChI is InChI=1S/C11H9NO2/c1-8-6-14-7-10(8)11(13)9-3-2-4-12-5-9/h2-7H,1H3. The number of aromatic nitrogens is 1. The lowest BCUT2D eigenvalue weighted by atomic mass is 10.1. The molecule has 0 fully saturated rings. The second kappa shape index (κ2) is 3.46. The van der Waals surface area contributed by atoms with Crippen LogP contribution in [0, 0.1) is 6.92 Å². The van der Waals surface area contributed by atoms with E-state index in [0.29, 0.717) is 11.1 Å². The first-order chi connectivity index (χ1) is 6.79. The number of carbonyl (C=O) groups excluding carboxylic acids is 1. The molecular formula is C11H9NO2. The molecule has 0 radical (unpaired) electrons. The van der Waals surface area contributed by atoms with Crippen molar-refractivity contribution in [2.75, 3.05) is 0 Å². The monoisotopic (exact) mass is 187 g/mol. The Bertz CT molecular complexity index is 445. The van der Waals surface area contributed by atoms with Crippen molar-refractivity contribution in [3.8, 4) is 0 Å². The van der Waals surface area contributed by atoms with Crippen molar-refractivity contribution in [2.24, 2.45) is 0 Å². The van der Waals surface area contributed by atoms with Crippen LogP contribution in [0.4, 0.5) is 0 Å². The van der Waals surface area contributed by atoms with E-state index in [1.165, 1.54) is 6.26 Å². The molecule has 0 unspecified atom stereocenters. The minimum absolute atomic E-state index is 0.0515. The third-order valence-corrected chi connectivity index (χ3v) is 2.02. The second-order valence-electron chi connectivity index (χ2n) is 3.04. The van der Waals surface area contributed by atoms with Gasteiger partial charge in [-0.25, -0.2) is 0 Å². The Balaban J connectivity index is 2.39. The fraction of sp³-hybridized carbons (Fsp3) is 0.0909. The molecule has 0 saturated heterocycles. The summed E-state index contributed by atoms with van der Waals surface area (Å²) in [7, 11) is 0. The van der Waals surface area contributed by atoms with E-state index in [1.54, 1.807) is 30.8 Å². The minimum Gasteiger partial charge on any atom is -0.472 e. The summed E-state index contributed by atoms with van der Waals surface area (Å²) >= 11 is 0. The van der Waals surface area contributed by atoms with Crippen molar-refractivity contribution < 1.29 is 9.21 Å². The molecule has 0 aliphatic heterocycles. The van der Waals surface area contributed by atoms with Crippen molar-refractivity contribution in [2.45, 2.75) is 6.92 Å². The Labute approximate surface area is 81.4 Å². The number of nitrogens with zero attached hydrogens (tertiary/aromatic N) is 1. The molecule has 0 amide bonds. The average molecular weight is 187 g/mol. The maximum atomic E-state index is 11.8. The van der Waals surface area contributed by atoms with Gasteiger partial charge in [0.2, 0.25) is 0 Å². The quantitative estimate of drug-likeness (QED) is 0.677. The molecule has 3 heteroatoms. The summed E-state index contributed by atoms with van der Waals surface area (Å²) in [5, 5.41) is 0. The van der Waals surface area contributed by atoms with Gasteiger partial charge in [0.15, 0.2) is 5.78 Å². The van der Waals surface area contributed by atoms with Crippen LogP contribution in [0.2, 0.25) is 0 Å². The highest BCUT2D eigenvalue weighted by Gasteiger charge is 2.12. The first kappa shape index (κ1) is 8.69. The Hall–Kier alpha value is -1.90. The molecule has 2 rings (SSSR count). The van der Waals surface area contributed by atoms with E-state index in [9.17, 15) is 4.79 Å². The van der Waals surface area contributed by atoms with E-state index in [2.05, 4.69) is 4.98 Å². The van der Waals surface area contributed by atoms with Crippen LogP contribution < -0.4 is 0 Å². The molecule has 2 aromatic rings. The molecule has 3 nitrogen and oxygen atoms in total. The molecule has 2 heterocycles. The summed E-state index contributed by atoms with van der Waals surface area (Å²) in [5.74, 6) is -0.0515. The summed E-state index contributed by atoms with van der Waals surface area (Å²) < 4.78 is 4.95. The SMILES string of the molecule is Cc1cocc1C(=O)c1cccnc1. The normalized spacial score (nSPS) is 10.1. The highest BCUT2D eigenvalue weighted by Crippen LogP contribution is 2.13. The van der Waals surface area contributed by atoms with Gasteiger partial charge in [0.25, 0.3) is 0 Å². The average Bonchev–Trinajstić information content (AvgIpc) is 2.65. The number of furan rings is 1. The van der Waals surface area contributed by atoms with Gasteiger partial charge in [-0.3, -0.25) is 9.78 Å². The van der Waals surface area contributed by atoms with Gasteiger partial charge >= 0.3 is 0 Å². The summed E-state index contributed by atoms with van der Waals surface area (Å²) in [6.07, 6.45) is 6.21. The van der Waals surface area contributed by atoms with E-state index in [4.69, 9.17) is 4.42 Å². The first-order valence-corrected chi connectivity index (χ1v) is 4.26. The molecule has 70 valence electrons. The van der Waals surface area contributed by atoms with Crippen molar-refractivity contribution in [1.82, 2.24) is 4.98 Å². The van der Waals surface area contributed by atoms with Crippen LogP contribution in [0.3, 0.4) is 0 Å². The van der Waals surface area contributed by atoms with E-state index < -0.39 is 0 Å². The lowest BCUT2D eigenvalue weighted by molar-refractivity contribution is 0.103. The summed E-state index contributed by atoms with van der Waals surface area (Å²) in [4.78, 5) is 15.7. The Morgan fingerprint density at radius 2 is 2.29 bits per heavy atom. The lowest BCUT2D eigenvalue weighted by Gasteiger charge is -1.97. The van der Waals surface area contributed by atoms with Crippen LogP contribution in [0.25, 0.3) is 0 Å². The van der Waals surface area contributed by atoms with Gasteiger partial charge in [-0.2, -0.15) is 0 Å². The predicted molar refractivity (Wildman–Crippen MR) is 51.1 cm³/mol. The third kappa shape index (κ3) is 1.44. The highest BCUT2D eigenvalue weighted by molar-refractivity contribution is 6.09. The Kier molecular flexibility index (Phi) is 2.14. The molecule has 2 aromatic heterocycles. The number of carbonyl (C=O) groups is 1. The fourth-order valence-corrected chi connectivity index (χ4v) is 1.25. The molecule has 14 heavy (non-hydrogen) atoms. The smallest absolute Gasteiger partial charge is 0.198 e. The van der Waals surface area contributed by atoms with Gasteiger partial charge in [-0.1, -0.05) is 0 Å². The number of hydrogen-bond acceptors (Lipinski definition) is 3. The minimum atomic E-state index is -0.0515. The van der Waals surface area contributed by atoms with E-state index in [1.807, 2.05) is 6.92 Å². The molecule has 0 saturated carbocycles. The number of ketones is 1. The zero-order valence-corrected chi connectivity index (χ0v) is 7.73. The van der Waals surface area contributed by atoms with Crippen molar-refractivity contribution >= 4 is 5.78 Å². The van der Waals surface area contributed by atoms with Gasteiger partial charge in [0, 0.05) is 18.0 Å². The van der Waals surface area contributed by atoms with Gasteiger partial charge in [-0.05, 0) is 24.6 Å². The zero-order valence-electron chi connectivity index (χ0n) is 7.73. The second-order valence-corrected chi connectivity index (χ2v) is 3.04. The maximum absolute atomic E-state index is 11.8. The fourth-order valence-electron chi connectivity index (χ4n) is 1.25. The van der Waals surface area contributed by atoms with E-state index in [0.717, 1.165) is 5.56 Å². The Morgan fingerprint density at radius 3 is 2.86 bits per heavy atom. The van der Waals surface area contributed by atoms with Crippen LogP contribution >= 0.6 is 0 Å². The number of aryl methyl sites for hydroxylation is 1. The molecule has 0 aromatic carbocycles. The molecular weight excluding hydrogens is 178 g/mol. The molecule has 0 spiro atoms. The van der Waals surface area contributed by atoms with Crippen molar-refractivity contribution in [3.63, 3.8) is 0 Å². The largest absolute Gasteiger partial charge is 0.472 e. The van der Waals surface area contributed by atoms with Gasteiger partial charge in [-0.15, -0.1) is 0 Å². The van der Waals surface area contributed by atoms with E-state index in [-0.39, 0.29) is 5.78 Å². The summed E-state index contributed by atoms with van der Waals surface area (Å²) in [6.45, 7) is 1.84. The predicted octanol–water partition coefficient (Wildman–Crippen LogP) is 2.21. The van der Waals surface area contributed by atoms with Crippen LogP contribution in [0.5, 0.6) is 0 Å². The first-order valence-electron chi connectivity index (χ1n) is 4.26. The summed E-state index contributed by atoms with van der Waals surface area (Å²) in [6, 6.07) is 3.48. The van der Waals surface area contributed by atoms with Gasteiger partial charge in [0.1, 0.15) is 6.26 Å². The van der Waals surface area contributed by atoms with Crippen molar-refractivity contribution in [3.05, 3.63) is 53.7 Å². The zero-order chi connectivity index (χ0) is 9.97. The van der Waals surface area contributed by atoms with Crippen LogP contribution in [0.15, 0.2) is 41.5 Å². The van der Waals surface area contributed by atoms with E-state index >= 15 is 0 Å². The number of pyridine rings is 1. The third-order valence-electron chi connectivity index (χ3n) is 2.02. The molecule has 0 bridgehead atoms. The van der Waals surface area contributed by atoms with Crippen LogP contribution in [-0.4, -0.2) is 10.8 Å². The molecule has 0 N–H and O–H groups in total. The Morgan fingerprint density at radius 1 is 1.43 bits per heavy atom.